The molecule has 3 atom stereocenters. The second kappa shape index (κ2) is 9.84. The number of aliphatic hydroxyl groups excluding tert-OH is 1. The summed E-state index contributed by atoms with van der Waals surface area (Å²) in [5, 5.41) is 10.0. The molecule has 3 aromatic carbocycles. The van der Waals surface area contributed by atoms with E-state index in [1.54, 1.807) is 12.0 Å². The van der Waals surface area contributed by atoms with Crippen LogP contribution in [0.5, 0.6) is 5.75 Å². The Hall–Kier alpha value is -4.15. The molecule has 0 bridgehead atoms. The Morgan fingerprint density at radius 3 is 2.19 bits per heavy atom. The van der Waals surface area contributed by atoms with Gasteiger partial charge in [0.2, 0.25) is 5.91 Å². The normalized spacial score (nSPS) is 20.6. The monoisotopic (exact) mass is 484 g/mol. The van der Waals surface area contributed by atoms with Crippen LogP contribution in [0.2, 0.25) is 0 Å². The molecule has 0 spiro atoms. The summed E-state index contributed by atoms with van der Waals surface area (Å²) in [6, 6.07) is 20.1. The summed E-state index contributed by atoms with van der Waals surface area (Å²) >= 11 is 0. The predicted octanol–water partition coefficient (Wildman–Crippen LogP) is 3.05. The van der Waals surface area contributed by atoms with Crippen molar-refractivity contribution >= 4 is 11.8 Å². The first-order chi connectivity index (χ1) is 17.5. The fourth-order valence-electron chi connectivity index (χ4n) is 5.04. The lowest BCUT2D eigenvalue weighted by Gasteiger charge is -2.58. The molecule has 0 saturated carbocycles. The number of ether oxygens (including phenoxy) is 1. The van der Waals surface area contributed by atoms with Crippen molar-refractivity contribution in [1.29, 1.82) is 0 Å². The highest BCUT2D eigenvalue weighted by Gasteiger charge is 2.54. The number of piperazine rings is 1. The van der Waals surface area contributed by atoms with Gasteiger partial charge < -0.3 is 19.6 Å². The van der Waals surface area contributed by atoms with Crippen molar-refractivity contribution in [3.8, 4) is 17.6 Å². The first-order valence-electron chi connectivity index (χ1n) is 11.7. The number of hydrogen-bond acceptors (Lipinski definition) is 4. The molecule has 0 aromatic heterocycles. The summed E-state index contributed by atoms with van der Waals surface area (Å²) in [5.41, 5.74) is 3.04. The summed E-state index contributed by atoms with van der Waals surface area (Å²) in [4.78, 5) is 29.0. The van der Waals surface area contributed by atoms with Gasteiger partial charge in [-0.05, 0) is 66.2 Å². The lowest BCUT2D eigenvalue weighted by atomic mass is 9.73. The highest BCUT2D eigenvalue weighted by atomic mass is 19.1. The second-order valence-electron chi connectivity index (χ2n) is 8.94. The van der Waals surface area contributed by atoms with Crippen molar-refractivity contribution in [1.82, 2.24) is 9.80 Å². The van der Waals surface area contributed by atoms with Crippen LogP contribution in [0.1, 0.15) is 33.0 Å². The molecular formula is C29H25FN2O4. The van der Waals surface area contributed by atoms with Gasteiger partial charge in [0.05, 0.1) is 25.8 Å². The molecule has 0 radical (unpaired) electrons. The molecular weight excluding hydrogens is 459 g/mol. The zero-order chi connectivity index (χ0) is 25.2. The number of halogens is 1. The average Bonchev–Trinajstić information content (AvgIpc) is 2.89. The van der Waals surface area contributed by atoms with Crippen LogP contribution in [0.25, 0.3) is 0 Å². The Balaban J connectivity index is 1.32. The first-order valence-corrected chi connectivity index (χ1v) is 11.7. The van der Waals surface area contributed by atoms with E-state index in [1.807, 2.05) is 48.5 Å². The van der Waals surface area contributed by atoms with Crippen molar-refractivity contribution < 1.29 is 23.8 Å². The van der Waals surface area contributed by atoms with Crippen LogP contribution in [0, 0.1) is 17.7 Å². The summed E-state index contributed by atoms with van der Waals surface area (Å²) in [6.07, 6.45) is 0. The summed E-state index contributed by atoms with van der Waals surface area (Å²) in [7, 11) is 1.62. The van der Waals surface area contributed by atoms with Crippen LogP contribution >= 0.6 is 0 Å². The number of hydrogen-bond donors (Lipinski definition) is 1. The molecule has 2 heterocycles. The number of aliphatic hydroxyl groups is 1. The maximum atomic E-state index is 13.3. The summed E-state index contributed by atoms with van der Waals surface area (Å²) in [5.74, 6) is 6.03. The Bertz CT molecular complexity index is 1330. The lowest BCUT2D eigenvalue weighted by molar-refractivity contribution is -0.159. The lowest BCUT2D eigenvalue weighted by Crippen LogP contribution is -2.73. The van der Waals surface area contributed by atoms with Crippen LogP contribution in [0.3, 0.4) is 0 Å². The van der Waals surface area contributed by atoms with Crippen LogP contribution in [0.4, 0.5) is 4.39 Å². The molecule has 2 aliphatic rings. The van der Waals surface area contributed by atoms with Gasteiger partial charge in [-0.1, -0.05) is 24.0 Å². The van der Waals surface area contributed by atoms with E-state index in [4.69, 9.17) is 4.74 Å². The standard InChI is InChI=1S/C29H25FN2O4/c1-36-24-14-6-20(7-15-24)3-2-19-4-8-21(9-5-19)28-25-16-31(17-27(34)32(25)26(28)18-33)29(35)22-10-12-23(30)13-11-22/h4-15,25-26,28,33H,16-18H2,1H3/t25-,26-,28+/m0/s1. The van der Waals surface area contributed by atoms with Gasteiger partial charge in [-0.15, -0.1) is 0 Å². The Morgan fingerprint density at radius 2 is 1.61 bits per heavy atom. The largest absolute Gasteiger partial charge is 0.497 e. The zero-order valence-electron chi connectivity index (χ0n) is 19.7. The minimum absolute atomic E-state index is 0.0597. The molecule has 7 heteroatoms. The maximum absolute atomic E-state index is 13.3. The molecule has 0 unspecified atom stereocenters. The number of carbonyl (C=O) groups excluding carboxylic acids is 2. The van der Waals surface area contributed by atoms with Gasteiger partial charge in [0.15, 0.2) is 0 Å². The first kappa shape index (κ1) is 23.6. The van der Waals surface area contributed by atoms with E-state index in [-0.39, 0.29) is 43.0 Å². The maximum Gasteiger partial charge on any atom is 0.254 e. The number of nitrogens with zero attached hydrogens (tertiary/aromatic N) is 2. The molecule has 2 amide bonds. The number of amides is 2. The molecule has 0 aliphatic carbocycles. The minimum Gasteiger partial charge on any atom is -0.497 e. The van der Waals surface area contributed by atoms with Gasteiger partial charge in [-0.3, -0.25) is 9.59 Å². The molecule has 6 nitrogen and oxygen atoms in total. The third-order valence-corrected chi connectivity index (χ3v) is 6.87. The zero-order valence-corrected chi connectivity index (χ0v) is 19.7. The van der Waals surface area contributed by atoms with Gasteiger partial charge in [-0.25, -0.2) is 4.39 Å². The fraction of sp³-hybridized carbons (Fsp3) is 0.241. The second-order valence-corrected chi connectivity index (χ2v) is 8.94. The van der Waals surface area contributed by atoms with Gasteiger partial charge >= 0.3 is 0 Å². The van der Waals surface area contributed by atoms with Gasteiger partial charge in [0.25, 0.3) is 5.91 Å². The summed E-state index contributed by atoms with van der Waals surface area (Å²) in [6.45, 7) is 0.135. The molecule has 2 fully saturated rings. The van der Waals surface area contributed by atoms with E-state index in [0.717, 1.165) is 22.4 Å². The molecule has 1 N–H and O–H groups in total. The van der Waals surface area contributed by atoms with E-state index in [0.29, 0.717) is 12.1 Å². The van der Waals surface area contributed by atoms with Crippen molar-refractivity contribution in [3.63, 3.8) is 0 Å². The van der Waals surface area contributed by atoms with Crippen molar-refractivity contribution in [2.45, 2.75) is 18.0 Å². The Morgan fingerprint density at radius 1 is 1.00 bits per heavy atom. The van der Waals surface area contributed by atoms with Crippen molar-refractivity contribution in [2.24, 2.45) is 0 Å². The quantitative estimate of drug-likeness (QED) is 0.578. The van der Waals surface area contributed by atoms with Crippen LogP contribution < -0.4 is 4.74 Å². The number of rotatable bonds is 4. The Kier molecular flexibility index (Phi) is 6.45. The van der Waals surface area contributed by atoms with E-state index < -0.39 is 5.82 Å². The van der Waals surface area contributed by atoms with E-state index in [2.05, 4.69) is 11.8 Å². The molecule has 2 aliphatic heterocycles. The molecule has 5 rings (SSSR count). The molecule has 3 aromatic rings. The Labute approximate surface area is 208 Å². The van der Waals surface area contributed by atoms with E-state index in [9.17, 15) is 19.1 Å². The number of methoxy groups -OCH3 is 1. The van der Waals surface area contributed by atoms with Gasteiger partial charge in [0, 0.05) is 29.2 Å². The van der Waals surface area contributed by atoms with Gasteiger partial charge in [0.1, 0.15) is 18.1 Å². The van der Waals surface area contributed by atoms with Crippen LogP contribution in [-0.4, -0.2) is 65.6 Å². The highest BCUT2D eigenvalue weighted by molar-refractivity contribution is 5.97. The summed E-state index contributed by atoms with van der Waals surface area (Å²) < 4.78 is 18.4. The van der Waals surface area contributed by atoms with E-state index in [1.165, 1.54) is 29.2 Å². The third-order valence-electron chi connectivity index (χ3n) is 6.87. The molecule has 2 saturated heterocycles. The topological polar surface area (TPSA) is 70.1 Å². The van der Waals surface area contributed by atoms with Gasteiger partial charge in [-0.2, -0.15) is 0 Å². The number of benzene rings is 3. The highest BCUT2D eigenvalue weighted by Crippen LogP contribution is 2.43. The number of fused-ring (bicyclic) bond motifs is 1. The predicted molar refractivity (Wildman–Crippen MR) is 132 cm³/mol. The van der Waals surface area contributed by atoms with Crippen molar-refractivity contribution in [3.05, 3.63) is 101 Å². The molecule has 182 valence electrons. The smallest absolute Gasteiger partial charge is 0.254 e. The van der Waals surface area contributed by atoms with Crippen LogP contribution in [0.15, 0.2) is 72.8 Å². The van der Waals surface area contributed by atoms with Crippen LogP contribution in [-0.2, 0) is 4.79 Å². The fourth-order valence-corrected chi connectivity index (χ4v) is 5.04. The minimum atomic E-state index is -0.422. The molecule has 36 heavy (non-hydrogen) atoms. The average molecular weight is 485 g/mol. The van der Waals surface area contributed by atoms with E-state index >= 15 is 0 Å². The third kappa shape index (κ3) is 4.43. The number of carbonyl (C=O) groups is 2. The SMILES string of the molecule is COc1ccc(C#Cc2ccc([C@H]3[C@H](CO)N4C(=O)CN(C(=O)c5ccc(F)cc5)C[C@@H]34)cc2)cc1. The van der Waals surface area contributed by atoms with Crippen molar-refractivity contribution in [2.75, 3.05) is 26.8 Å².